The van der Waals surface area contributed by atoms with E-state index in [1.165, 1.54) is 14.0 Å². The van der Waals surface area contributed by atoms with Crippen molar-refractivity contribution in [3.8, 4) is 0 Å². The molecule has 1 saturated heterocycles. The lowest BCUT2D eigenvalue weighted by Crippen LogP contribution is -2.71. The summed E-state index contributed by atoms with van der Waals surface area (Å²) < 4.78 is 52.4. The Hall–Kier alpha value is -5.90. The fourth-order valence-electron chi connectivity index (χ4n) is 8.25. The Morgan fingerprint density at radius 1 is 0.727 bits per heavy atom. The number of carbonyl (C=O) groups excluding carboxylic acids is 6. The number of alkyl carbamates (subject to hydrolysis) is 4. The zero-order valence-electron chi connectivity index (χ0n) is 46.6. The zero-order valence-corrected chi connectivity index (χ0v) is 46.6. The molecule has 11 N–H and O–H groups in total. The van der Waals surface area contributed by atoms with Crippen LogP contribution in [0.5, 0.6) is 0 Å². The van der Waals surface area contributed by atoms with Crippen LogP contribution in [0, 0.1) is 0 Å². The third-order valence-corrected chi connectivity index (χ3v) is 11.5. The average Bonchev–Trinajstić information content (AvgIpc) is 3.26. The molecule has 2 aliphatic heterocycles. The van der Waals surface area contributed by atoms with Crippen molar-refractivity contribution in [2.45, 2.75) is 211 Å². The van der Waals surface area contributed by atoms with Crippen LogP contribution in [0.4, 0.5) is 29.7 Å². The monoisotopic (exact) mass is 1100 g/mol. The van der Waals surface area contributed by atoms with Crippen molar-refractivity contribution < 1.29 is 91.8 Å². The van der Waals surface area contributed by atoms with E-state index in [1.54, 1.807) is 113 Å². The molecule has 4 rings (SSSR count). The summed E-state index contributed by atoms with van der Waals surface area (Å²) >= 11 is 0. The molecule has 0 spiro atoms. The van der Waals surface area contributed by atoms with Crippen molar-refractivity contribution in [1.82, 2.24) is 31.5 Å². The number of aliphatic hydroxyl groups excluding tert-OH is 3. The number of aliphatic hydroxyl groups is 4. The summed E-state index contributed by atoms with van der Waals surface area (Å²) in [7, 11) is 1.29. The SMILES string of the molecule is CN(C(=O)OC(C)(C)C)[C@@H]1[C@@H](O)[C@@H](O[C@@H]2[C@@H](O)[C@H](O[C@H]3OC(CNC(=O)OCc4ccc(N)cc4)=CC[C@H]3NC(=O)OC(C)(C)C)[C@@H](NC(=O)OC(C)(C)C)C[C@H]2NC(=O)[C@@H](O)CCNC(=O)OC(C)(C)C)OC[C@]1(C)O. The molecule has 6 amide bonds. The van der Waals surface area contributed by atoms with Crippen LogP contribution in [0.2, 0.25) is 0 Å². The van der Waals surface area contributed by atoms with Gasteiger partial charge in [0.2, 0.25) is 12.2 Å². The first-order chi connectivity index (χ1) is 35.4. The number of likely N-dealkylation sites (N-methyl/N-ethyl adjacent to an activating group) is 1. The summed E-state index contributed by atoms with van der Waals surface area (Å²) in [4.78, 5) is 80.4. The topological polar surface area (TPSA) is 356 Å². The standard InChI is InChI=1S/C51H83N7O19/c1-47(2,3)74-43(64)53-22-21-33(59)39(62)55-31-23-32(57-45(66)76-49(7,8)9)37(34(60)36(31)73-41-35(61)38(51(13,68)26-70-41)58(14)46(67)77-50(10,11)12)72-40-30(56-44(65)75-48(4,5)6)20-19-29(71-40)24-54-42(63)69-25-27-15-17-28(52)18-16-27/h15-19,30-38,40-41,59-61,68H,20-26,52H2,1-14H3,(H,53,64)(H,54,63)(H,55,62)(H,56,65)(H,57,66)/t30-,31-,32+,33+,34-,35-,36+,37-,38-,40-,41-,51+/m1/s1. The number of benzene rings is 1. The van der Waals surface area contributed by atoms with Crippen molar-refractivity contribution in [3.05, 3.63) is 41.7 Å². The normalized spacial score (nSPS) is 27.2. The molecule has 1 saturated carbocycles. The van der Waals surface area contributed by atoms with E-state index in [-0.39, 0.29) is 44.7 Å². The van der Waals surface area contributed by atoms with Crippen LogP contribution in [0.25, 0.3) is 0 Å². The van der Waals surface area contributed by atoms with Crippen LogP contribution in [0.15, 0.2) is 36.1 Å². The fourth-order valence-corrected chi connectivity index (χ4v) is 8.25. The number of nitrogens with zero attached hydrogens (tertiary/aromatic N) is 1. The van der Waals surface area contributed by atoms with Gasteiger partial charge in [0.05, 0.1) is 37.3 Å². The first-order valence-corrected chi connectivity index (χ1v) is 25.4. The van der Waals surface area contributed by atoms with E-state index in [2.05, 4.69) is 26.6 Å². The molecule has 77 heavy (non-hydrogen) atoms. The number of carbonyl (C=O) groups is 6. The van der Waals surface area contributed by atoms with Crippen LogP contribution in [0.3, 0.4) is 0 Å². The molecule has 1 aromatic rings. The van der Waals surface area contributed by atoms with Gasteiger partial charge in [0.15, 0.2) is 6.29 Å². The highest BCUT2D eigenvalue weighted by molar-refractivity contribution is 5.81. The summed E-state index contributed by atoms with van der Waals surface area (Å²) in [6.07, 6.45) is -15.7. The van der Waals surface area contributed by atoms with Gasteiger partial charge in [-0.25, -0.2) is 24.0 Å². The van der Waals surface area contributed by atoms with E-state index in [4.69, 9.17) is 48.4 Å². The number of anilines is 1. The molecule has 0 unspecified atom stereocenters. The molecule has 1 aromatic carbocycles. The van der Waals surface area contributed by atoms with Gasteiger partial charge in [-0.3, -0.25) is 4.79 Å². The first kappa shape index (κ1) is 63.6. The minimum absolute atomic E-state index is 0.00224. The van der Waals surface area contributed by atoms with Gasteiger partial charge < -0.3 is 100 Å². The molecule has 2 fully saturated rings. The van der Waals surface area contributed by atoms with E-state index in [1.807, 2.05) is 0 Å². The van der Waals surface area contributed by atoms with Crippen LogP contribution in [0.1, 0.15) is 115 Å². The van der Waals surface area contributed by atoms with E-state index < -0.39 is 138 Å². The van der Waals surface area contributed by atoms with Crippen LogP contribution < -0.4 is 32.3 Å². The Bertz CT molecular complexity index is 2200. The van der Waals surface area contributed by atoms with E-state index >= 15 is 0 Å². The van der Waals surface area contributed by atoms with E-state index in [0.29, 0.717) is 11.3 Å². The molecule has 436 valence electrons. The number of hydrogen-bond donors (Lipinski definition) is 10. The number of nitrogens with one attached hydrogen (secondary N) is 5. The molecular weight excluding hydrogens is 1010 g/mol. The number of rotatable bonds is 16. The largest absolute Gasteiger partial charge is 0.465 e. The maximum absolute atomic E-state index is 13.9. The van der Waals surface area contributed by atoms with Crippen molar-refractivity contribution in [1.29, 1.82) is 0 Å². The summed E-state index contributed by atoms with van der Waals surface area (Å²) in [5.41, 5.74) is 1.27. The van der Waals surface area contributed by atoms with Gasteiger partial charge in [0, 0.05) is 19.3 Å². The second-order valence-corrected chi connectivity index (χ2v) is 23.4. The van der Waals surface area contributed by atoms with E-state index in [9.17, 15) is 49.2 Å². The smallest absolute Gasteiger partial charge is 0.410 e. The number of nitrogens with two attached hydrogens (primary N) is 1. The summed E-state index contributed by atoms with van der Waals surface area (Å²) in [6.45, 7) is 19.9. The third kappa shape index (κ3) is 20.8. The predicted octanol–water partition coefficient (Wildman–Crippen LogP) is 2.91. The predicted molar refractivity (Wildman–Crippen MR) is 274 cm³/mol. The molecule has 3 aliphatic rings. The minimum Gasteiger partial charge on any atom is -0.465 e. The Labute approximate surface area is 449 Å². The summed E-state index contributed by atoms with van der Waals surface area (Å²) in [5.74, 6) is -0.887. The summed E-state index contributed by atoms with van der Waals surface area (Å²) in [6, 6.07) is 1.45. The molecule has 26 nitrogen and oxygen atoms in total. The maximum atomic E-state index is 13.9. The Morgan fingerprint density at radius 2 is 1.25 bits per heavy atom. The molecule has 12 atom stereocenters. The van der Waals surface area contributed by atoms with Crippen molar-refractivity contribution in [2.75, 3.05) is 32.5 Å². The van der Waals surface area contributed by atoms with Crippen molar-refractivity contribution in [2.24, 2.45) is 0 Å². The summed E-state index contributed by atoms with van der Waals surface area (Å²) in [5, 5.41) is 60.4. The van der Waals surface area contributed by atoms with Crippen LogP contribution in [-0.4, -0.2) is 184 Å². The first-order valence-electron chi connectivity index (χ1n) is 25.4. The molecule has 26 heteroatoms. The molecule has 1 aliphatic carbocycles. The number of hydrogen-bond acceptors (Lipinski definition) is 20. The number of amides is 6. The van der Waals surface area contributed by atoms with Crippen LogP contribution >= 0.6 is 0 Å². The lowest BCUT2D eigenvalue weighted by Gasteiger charge is -2.50. The maximum Gasteiger partial charge on any atom is 0.410 e. The Balaban J connectivity index is 1.73. The number of nitrogen functional groups attached to an aromatic ring is 1. The molecule has 2 heterocycles. The van der Waals surface area contributed by atoms with Crippen LogP contribution in [-0.2, 0) is 54.0 Å². The van der Waals surface area contributed by atoms with Crippen molar-refractivity contribution in [3.63, 3.8) is 0 Å². The van der Waals surface area contributed by atoms with Gasteiger partial charge in [0.25, 0.3) is 0 Å². The fraction of sp³-hybridized carbons (Fsp3) is 0.725. The van der Waals surface area contributed by atoms with Gasteiger partial charge in [-0.05, 0) is 133 Å². The van der Waals surface area contributed by atoms with E-state index in [0.717, 1.165) is 4.90 Å². The third-order valence-electron chi connectivity index (χ3n) is 11.5. The highest BCUT2D eigenvalue weighted by Crippen LogP contribution is 2.35. The van der Waals surface area contributed by atoms with Gasteiger partial charge in [-0.1, -0.05) is 12.1 Å². The van der Waals surface area contributed by atoms with Gasteiger partial charge in [-0.2, -0.15) is 0 Å². The molecular formula is C51H83N7O19. The van der Waals surface area contributed by atoms with Gasteiger partial charge >= 0.3 is 30.5 Å². The average molecular weight is 1100 g/mol. The van der Waals surface area contributed by atoms with Gasteiger partial charge in [-0.15, -0.1) is 0 Å². The van der Waals surface area contributed by atoms with Crippen molar-refractivity contribution >= 4 is 42.1 Å². The quantitative estimate of drug-likeness (QED) is 0.0840. The molecule has 0 radical (unpaired) electrons. The minimum atomic E-state index is -1.97. The highest BCUT2D eigenvalue weighted by Gasteiger charge is 2.55. The lowest BCUT2D eigenvalue weighted by molar-refractivity contribution is -0.311. The second kappa shape index (κ2) is 26.2. The Morgan fingerprint density at radius 3 is 1.81 bits per heavy atom. The molecule has 0 bridgehead atoms. The molecule has 0 aromatic heterocycles. The Kier molecular flexibility index (Phi) is 21.6. The second-order valence-electron chi connectivity index (χ2n) is 23.4. The highest BCUT2D eigenvalue weighted by atomic mass is 16.7. The number of ether oxygens (including phenoxy) is 9. The lowest BCUT2D eigenvalue weighted by atomic mass is 9.82. The zero-order chi connectivity index (χ0) is 58.0. The van der Waals surface area contributed by atoms with Gasteiger partial charge in [0.1, 0.15) is 70.9 Å².